The molecule has 1 aliphatic heterocycles. The molecule has 0 radical (unpaired) electrons. The minimum absolute atomic E-state index is 0.0139. The van der Waals surface area contributed by atoms with Crippen LogP contribution in [0.2, 0.25) is 0 Å². The number of amides is 1. The van der Waals surface area contributed by atoms with E-state index in [0.29, 0.717) is 11.6 Å². The fourth-order valence-electron chi connectivity index (χ4n) is 1.28. The molecule has 0 saturated carbocycles. The van der Waals surface area contributed by atoms with E-state index in [9.17, 15) is 4.79 Å². The van der Waals surface area contributed by atoms with Crippen LogP contribution in [0.3, 0.4) is 0 Å². The highest BCUT2D eigenvalue weighted by Crippen LogP contribution is 2.20. The maximum atomic E-state index is 11.0. The van der Waals surface area contributed by atoms with E-state index in [2.05, 4.69) is 11.9 Å². The topological polar surface area (TPSA) is 55.1 Å². The Hall–Kier alpha value is -0.990. The Bertz CT molecular complexity index is 176. The van der Waals surface area contributed by atoms with Crippen molar-refractivity contribution >= 4 is 5.91 Å². The molecule has 1 amide bonds. The van der Waals surface area contributed by atoms with Crippen molar-refractivity contribution in [3.63, 3.8) is 0 Å². The average molecular weight is 140 g/mol. The number of carbonyl (C=O) groups is 1. The monoisotopic (exact) mass is 140 g/mol. The van der Waals surface area contributed by atoms with Gasteiger partial charge in [-0.2, -0.15) is 0 Å². The Morgan fingerprint density at radius 2 is 2.50 bits per heavy atom. The van der Waals surface area contributed by atoms with Gasteiger partial charge in [-0.25, -0.2) is 0 Å². The first-order valence-electron chi connectivity index (χ1n) is 3.35. The Kier molecular flexibility index (Phi) is 1.66. The van der Waals surface area contributed by atoms with Crippen LogP contribution < -0.4 is 11.1 Å². The van der Waals surface area contributed by atoms with Crippen molar-refractivity contribution in [1.82, 2.24) is 5.32 Å². The molecule has 0 aromatic heterocycles. The molecule has 10 heavy (non-hydrogen) atoms. The van der Waals surface area contributed by atoms with E-state index in [1.165, 1.54) is 0 Å². The minimum Gasteiger partial charge on any atom is -0.402 e. The van der Waals surface area contributed by atoms with Gasteiger partial charge in [-0.1, -0.05) is 13.5 Å². The highest BCUT2D eigenvalue weighted by atomic mass is 16.2. The van der Waals surface area contributed by atoms with Crippen LogP contribution in [0.1, 0.15) is 6.92 Å². The zero-order chi connectivity index (χ0) is 7.72. The minimum atomic E-state index is -0.167. The van der Waals surface area contributed by atoms with Gasteiger partial charge < -0.3 is 11.1 Å². The maximum Gasteiger partial charge on any atom is 0.229 e. The van der Waals surface area contributed by atoms with E-state index >= 15 is 0 Å². The predicted octanol–water partition coefficient (Wildman–Crippen LogP) is -0.159. The molecule has 1 saturated heterocycles. The second-order valence-electron chi connectivity index (χ2n) is 2.78. The van der Waals surface area contributed by atoms with Gasteiger partial charge in [0, 0.05) is 12.2 Å². The van der Waals surface area contributed by atoms with E-state index < -0.39 is 0 Å². The summed E-state index contributed by atoms with van der Waals surface area (Å²) < 4.78 is 0. The van der Waals surface area contributed by atoms with Crippen molar-refractivity contribution in [2.75, 3.05) is 6.54 Å². The molecule has 2 atom stereocenters. The molecule has 3 nitrogen and oxygen atoms in total. The highest BCUT2D eigenvalue weighted by molar-refractivity contribution is 5.83. The number of hydrogen-bond acceptors (Lipinski definition) is 2. The van der Waals surface area contributed by atoms with Crippen LogP contribution in [0, 0.1) is 11.8 Å². The van der Waals surface area contributed by atoms with Crippen LogP contribution in [-0.4, -0.2) is 12.5 Å². The van der Waals surface area contributed by atoms with E-state index in [-0.39, 0.29) is 11.8 Å². The fourth-order valence-corrected chi connectivity index (χ4v) is 1.28. The molecule has 3 heteroatoms. The van der Waals surface area contributed by atoms with Crippen molar-refractivity contribution in [1.29, 1.82) is 0 Å². The first-order valence-corrected chi connectivity index (χ1v) is 3.35. The van der Waals surface area contributed by atoms with Crippen molar-refractivity contribution < 1.29 is 4.79 Å². The van der Waals surface area contributed by atoms with E-state index in [1.807, 2.05) is 6.92 Å². The zero-order valence-electron chi connectivity index (χ0n) is 6.05. The second-order valence-corrected chi connectivity index (χ2v) is 2.78. The predicted molar refractivity (Wildman–Crippen MR) is 39.0 cm³/mol. The second kappa shape index (κ2) is 2.33. The van der Waals surface area contributed by atoms with Crippen LogP contribution in [0.25, 0.3) is 0 Å². The molecule has 1 rings (SSSR count). The number of carbonyl (C=O) groups excluding carboxylic acids is 1. The molecule has 56 valence electrons. The lowest BCUT2D eigenvalue weighted by Crippen LogP contribution is -2.24. The highest BCUT2D eigenvalue weighted by Gasteiger charge is 2.32. The Balaban J connectivity index is 2.72. The molecule has 0 aliphatic carbocycles. The third kappa shape index (κ3) is 0.988. The smallest absolute Gasteiger partial charge is 0.229 e. The van der Waals surface area contributed by atoms with Crippen molar-refractivity contribution in [2.24, 2.45) is 17.6 Å². The fraction of sp³-hybridized carbons (Fsp3) is 0.571. The summed E-state index contributed by atoms with van der Waals surface area (Å²) in [6.45, 7) is 6.26. The molecule has 2 unspecified atom stereocenters. The summed E-state index contributed by atoms with van der Waals surface area (Å²) in [5.41, 5.74) is 5.90. The zero-order valence-corrected chi connectivity index (χ0v) is 6.05. The Morgan fingerprint density at radius 1 is 1.90 bits per heavy atom. The maximum absolute atomic E-state index is 11.0. The van der Waals surface area contributed by atoms with Gasteiger partial charge in [0.2, 0.25) is 5.91 Å². The Morgan fingerprint density at radius 3 is 2.70 bits per heavy atom. The largest absolute Gasteiger partial charge is 0.402 e. The summed E-state index contributed by atoms with van der Waals surface area (Å²) in [7, 11) is 0. The van der Waals surface area contributed by atoms with Gasteiger partial charge in [0.25, 0.3) is 0 Å². The lowest BCUT2D eigenvalue weighted by Gasteiger charge is -2.09. The average Bonchev–Trinajstić information content (AvgIpc) is 2.11. The van der Waals surface area contributed by atoms with Crippen molar-refractivity contribution in [2.45, 2.75) is 6.92 Å². The summed E-state index contributed by atoms with van der Waals surface area (Å²) in [6.07, 6.45) is 0. The number of nitrogens with one attached hydrogen (secondary N) is 1. The molecule has 0 aromatic rings. The number of nitrogens with two attached hydrogens (primary N) is 1. The van der Waals surface area contributed by atoms with Gasteiger partial charge in [-0.15, -0.1) is 0 Å². The molecule has 1 aliphatic rings. The first-order chi connectivity index (χ1) is 4.63. The molecule has 1 fully saturated rings. The number of rotatable bonds is 1. The molecule has 0 bridgehead atoms. The van der Waals surface area contributed by atoms with Crippen molar-refractivity contribution in [3.05, 3.63) is 12.3 Å². The van der Waals surface area contributed by atoms with Crippen LogP contribution in [0.15, 0.2) is 12.3 Å². The quantitative estimate of drug-likeness (QED) is 0.531. The summed E-state index contributed by atoms with van der Waals surface area (Å²) in [5.74, 6) is 0.144. The van der Waals surface area contributed by atoms with Gasteiger partial charge in [0.15, 0.2) is 0 Å². The summed E-state index contributed by atoms with van der Waals surface area (Å²) >= 11 is 0. The molecular formula is C7H12N2O. The molecular weight excluding hydrogens is 128 g/mol. The third-order valence-electron chi connectivity index (χ3n) is 1.85. The van der Waals surface area contributed by atoms with Crippen LogP contribution in [0.4, 0.5) is 0 Å². The van der Waals surface area contributed by atoms with Gasteiger partial charge in [0.05, 0.1) is 5.92 Å². The summed E-state index contributed by atoms with van der Waals surface area (Å²) in [5, 5.41) is 2.72. The SMILES string of the molecule is C=C(N)C1C(=O)NCC1C. The van der Waals surface area contributed by atoms with E-state index in [1.54, 1.807) is 0 Å². The summed E-state index contributed by atoms with van der Waals surface area (Å²) in [6, 6.07) is 0. The van der Waals surface area contributed by atoms with Crippen LogP contribution in [-0.2, 0) is 4.79 Å². The van der Waals surface area contributed by atoms with Crippen LogP contribution >= 0.6 is 0 Å². The molecule has 0 spiro atoms. The van der Waals surface area contributed by atoms with Gasteiger partial charge in [0.1, 0.15) is 0 Å². The number of hydrogen-bond donors (Lipinski definition) is 2. The normalized spacial score (nSPS) is 31.9. The lowest BCUT2D eigenvalue weighted by molar-refractivity contribution is -0.121. The van der Waals surface area contributed by atoms with E-state index in [0.717, 1.165) is 6.54 Å². The van der Waals surface area contributed by atoms with Crippen molar-refractivity contribution in [3.8, 4) is 0 Å². The van der Waals surface area contributed by atoms with Gasteiger partial charge in [-0.3, -0.25) is 4.79 Å². The van der Waals surface area contributed by atoms with E-state index in [4.69, 9.17) is 5.73 Å². The first kappa shape index (κ1) is 7.12. The van der Waals surface area contributed by atoms with Gasteiger partial charge in [-0.05, 0) is 5.92 Å². The van der Waals surface area contributed by atoms with Gasteiger partial charge >= 0.3 is 0 Å². The Labute approximate surface area is 60.3 Å². The third-order valence-corrected chi connectivity index (χ3v) is 1.85. The molecule has 3 N–H and O–H groups in total. The standard InChI is InChI=1S/C7H12N2O/c1-4-3-9-7(10)6(4)5(2)8/h4,6H,2-3,8H2,1H3,(H,9,10). The molecule has 1 heterocycles. The molecule has 0 aromatic carbocycles. The van der Waals surface area contributed by atoms with Crippen LogP contribution in [0.5, 0.6) is 0 Å². The lowest BCUT2D eigenvalue weighted by atomic mass is 9.95. The summed E-state index contributed by atoms with van der Waals surface area (Å²) in [4.78, 5) is 11.0.